The number of carbonyl (C=O) groups excluding carboxylic acids is 1. The Morgan fingerprint density at radius 1 is 0.885 bits per heavy atom. The summed E-state index contributed by atoms with van der Waals surface area (Å²) in [7, 11) is 0. The summed E-state index contributed by atoms with van der Waals surface area (Å²) in [4.78, 5) is 20.6. The molecule has 2 aromatic carbocycles. The fourth-order valence-electron chi connectivity index (χ4n) is 2.53. The zero-order valence-electron chi connectivity index (χ0n) is 15.0. The highest BCUT2D eigenvalue weighted by molar-refractivity contribution is 5.91. The standard InChI is InChI=1S/C21H22N4O/c1-15-6-8-17(9-7-15)11-25-21(26)19-13-24-20(14-22-19)23-12-18-5-3-4-16(2)10-18/h3-10,13-14H,11-12H2,1-2H3,(H,23,24)(H,25,26). The van der Waals surface area contributed by atoms with Gasteiger partial charge in [-0.05, 0) is 25.0 Å². The highest BCUT2D eigenvalue weighted by atomic mass is 16.1. The molecule has 0 atom stereocenters. The zero-order valence-corrected chi connectivity index (χ0v) is 15.0. The molecule has 0 bridgehead atoms. The lowest BCUT2D eigenvalue weighted by Gasteiger charge is -2.08. The SMILES string of the molecule is Cc1ccc(CNC(=O)c2cnc(NCc3cccc(C)c3)cn2)cc1. The molecule has 0 aliphatic carbocycles. The van der Waals surface area contributed by atoms with E-state index in [0.29, 0.717) is 24.6 Å². The van der Waals surface area contributed by atoms with Gasteiger partial charge in [-0.25, -0.2) is 9.97 Å². The van der Waals surface area contributed by atoms with E-state index in [9.17, 15) is 4.79 Å². The maximum Gasteiger partial charge on any atom is 0.271 e. The van der Waals surface area contributed by atoms with Crippen molar-refractivity contribution in [2.75, 3.05) is 5.32 Å². The van der Waals surface area contributed by atoms with Crippen molar-refractivity contribution in [2.24, 2.45) is 0 Å². The van der Waals surface area contributed by atoms with Crippen LogP contribution in [-0.2, 0) is 13.1 Å². The molecule has 5 nitrogen and oxygen atoms in total. The molecule has 1 heterocycles. The number of aromatic nitrogens is 2. The monoisotopic (exact) mass is 346 g/mol. The molecule has 26 heavy (non-hydrogen) atoms. The fraction of sp³-hybridized carbons (Fsp3) is 0.190. The first kappa shape index (κ1) is 17.6. The van der Waals surface area contributed by atoms with Crippen LogP contribution in [0, 0.1) is 13.8 Å². The number of amides is 1. The molecule has 3 aromatic rings. The Labute approximate surface area is 153 Å². The van der Waals surface area contributed by atoms with Crippen LogP contribution in [0.4, 0.5) is 5.82 Å². The molecule has 2 N–H and O–H groups in total. The third-order valence-electron chi connectivity index (χ3n) is 4.01. The van der Waals surface area contributed by atoms with E-state index in [1.165, 1.54) is 22.9 Å². The van der Waals surface area contributed by atoms with Gasteiger partial charge in [-0.3, -0.25) is 4.79 Å². The topological polar surface area (TPSA) is 66.9 Å². The minimum absolute atomic E-state index is 0.233. The lowest BCUT2D eigenvalue weighted by atomic mass is 10.1. The first-order valence-electron chi connectivity index (χ1n) is 8.55. The largest absolute Gasteiger partial charge is 0.365 e. The van der Waals surface area contributed by atoms with Crippen LogP contribution in [-0.4, -0.2) is 15.9 Å². The van der Waals surface area contributed by atoms with Crippen LogP contribution >= 0.6 is 0 Å². The molecule has 0 aliphatic heterocycles. The number of carbonyl (C=O) groups is 1. The third kappa shape index (κ3) is 4.89. The number of nitrogens with one attached hydrogen (secondary N) is 2. The van der Waals surface area contributed by atoms with Crippen LogP contribution in [0.5, 0.6) is 0 Å². The van der Waals surface area contributed by atoms with E-state index in [4.69, 9.17) is 0 Å². The molecule has 5 heteroatoms. The summed E-state index contributed by atoms with van der Waals surface area (Å²) >= 11 is 0. The Morgan fingerprint density at radius 3 is 2.38 bits per heavy atom. The Kier molecular flexibility index (Phi) is 5.59. The van der Waals surface area contributed by atoms with Crippen molar-refractivity contribution in [1.82, 2.24) is 15.3 Å². The van der Waals surface area contributed by atoms with Crippen LogP contribution in [0.25, 0.3) is 0 Å². The second-order valence-electron chi connectivity index (χ2n) is 6.30. The van der Waals surface area contributed by atoms with E-state index >= 15 is 0 Å². The summed E-state index contributed by atoms with van der Waals surface area (Å²) in [5.74, 6) is 0.407. The second kappa shape index (κ2) is 8.25. The molecule has 132 valence electrons. The van der Waals surface area contributed by atoms with Crippen molar-refractivity contribution in [3.05, 3.63) is 88.9 Å². The Balaban J connectivity index is 1.53. The number of aryl methyl sites for hydroxylation is 2. The minimum Gasteiger partial charge on any atom is -0.365 e. The van der Waals surface area contributed by atoms with Gasteiger partial charge in [0.15, 0.2) is 0 Å². The highest BCUT2D eigenvalue weighted by Crippen LogP contribution is 2.08. The average molecular weight is 346 g/mol. The van der Waals surface area contributed by atoms with Crippen molar-refractivity contribution in [3.63, 3.8) is 0 Å². The molecule has 0 radical (unpaired) electrons. The quantitative estimate of drug-likeness (QED) is 0.715. The van der Waals surface area contributed by atoms with Crippen molar-refractivity contribution in [3.8, 4) is 0 Å². The van der Waals surface area contributed by atoms with E-state index in [-0.39, 0.29) is 5.91 Å². The summed E-state index contributed by atoms with van der Waals surface area (Å²) in [5, 5.41) is 6.07. The second-order valence-corrected chi connectivity index (χ2v) is 6.30. The molecule has 0 aliphatic rings. The summed E-state index contributed by atoms with van der Waals surface area (Å²) < 4.78 is 0. The number of benzene rings is 2. The molecule has 3 rings (SSSR count). The van der Waals surface area contributed by atoms with Gasteiger partial charge < -0.3 is 10.6 Å². The number of hydrogen-bond acceptors (Lipinski definition) is 4. The molecule has 0 saturated carbocycles. The van der Waals surface area contributed by atoms with Gasteiger partial charge in [-0.15, -0.1) is 0 Å². The molecular weight excluding hydrogens is 324 g/mol. The Bertz CT molecular complexity index is 873. The summed E-state index contributed by atoms with van der Waals surface area (Å²) in [5.41, 5.74) is 4.94. The van der Waals surface area contributed by atoms with Gasteiger partial charge in [-0.2, -0.15) is 0 Å². The van der Waals surface area contributed by atoms with Gasteiger partial charge >= 0.3 is 0 Å². The van der Waals surface area contributed by atoms with Crippen LogP contribution in [0.15, 0.2) is 60.9 Å². The molecule has 0 saturated heterocycles. The average Bonchev–Trinajstić information content (AvgIpc) is 2.66. The summed E-state index contributed by atoms with van der Waals surface area (Å²) in [6.45, 7) is 5.23. The van der Waals surface area contributed by atoms with Crippen LogP contribution in [0.3, 0.4) is 0 Å². The Hall–Kier alpha value is -3.21. The van der Waals surface area contributed by atoms with Crippen molar-refractivity contribution < 1.29 is 4.79 Å². The zero-order chi connectivity index (χ0) is 18.4. The first-order chi connectivity index (χ1) is 12.6. The number of nitrogens with zero attached hydrogens (tertiary/aromatic N) is 2. The lowest BCUT2D eigenvalue weighted by molar-refractivity contribution is 0.0945. The van der Waals surface area contributed by atoms with E-state index < -0.39 is 0 Å². The summed E-state index contributed by atoms with van der Waals surface area (Å²) in [6.07, 6.45) is 3.07. The van der Waals surface area contributed by atoms with E-state index in [1.54, 1.807) is 6.20 Å². The predicted octanol–water partition coefficient (Wildman–Crippen LogP) is 3.64. The normalized spacial score (nSPS) is 10.4. The summed E-state index contributed by atoms with van der Waals surface area (Å²) in [6, 6.07) is 16.3. The first-order valence-corrected chi connectivity index (χ1v) is 8.55. The smallest absolute Gasteiger partial charge is 0.271 e. The predicted molar refractivity (Wildman–Crippen MR) is 103 cm³/mol. The molecule has 0 spiro atoms. The van der Waals surface area contributed by atoms with Gasteiger partial charge in [0, 0.05) is 13.1 Å². The van der Waals surface area contributed by atoms with Gasteiger partial charge in [0.05, 0.1) is 12.4 Å². The number of anilines is 1. The van der Waals surface area contributed by atoms with E-state index in [1.807, 2.05) is 37.3 Å². The highest BCUT2D eigenvalue weighted by Gasteiger charge is 2.08. The lowest BCUT2D eigenvalue weighted by Crippen LogP contribution is -2.24. The molecule has 0 unspecified atom stereocenters. The van der Waals surface area contributed by atoms with Crippen molar-refractivity contribution in [2.45, 2.75) is 26.9 Å². The van der Waals surface area contributed by atoms with Gasteiger partial charge in [-0.1, -0.05) is 59.7 Å². The Morgan fingerprint density at radius 2 is 1.69 bits per heavy atom. The van der Waals surface area contributed by atoms with Crippen molar-refractivity contribution >= 4 is 11.7 Å². The molecular formula is C21H22N4O. The van der Waals surface area contributed by atoms with Gasteiger partial charge in [0.25, 0.3) is 5.91 Å². The molecule has 1 amide bonds. The maximum absolute atomic E-state index is 12.2. The third-order valence-corrected chi connectivity index (χ3v) is 4.01. The van der Waals surface area contributed by atoms with Gasteiger partial charge in [0.2, 0.25) is 0 Å². The van der Waals surface area contributed by atoms with Crippen LogP contribution in [0.2, 0.25) is 0 Å². The van der Waals surface area contributed by atoms with Gasteiger partial charge in [0.1, 0.15) is 11.5 Å². The van der Waals surface area contributed by atoms with Crippen LogP contribution in [0.1, 0.15) is 32.7 Å². The fourth-order valence-corrected chi connectivity index (χ4v) is 2.53. The maximum atomic E-state index is 12.2. The van der Waals surface area contributed by atoms with E-state index in [2.05, 4.69) is 45.7 Å². The van der Waals surface area contributed by atoms with Crippen molar-refractivity contribution in [1.29, 1.82) is 0 Å². The number of hydrogen-bond donors (Lipinski definition) is 2. The van der Waals surface area contributed by atoms with E-state index in [0.717, 1.165) is 5.56 Å². The minimum atomic E-state index is -0.233. The molecule has 0 fully saturated rings. The molecule has 1 aromatic heterocycles. The van der Waals surface area contributed by atoms with Crippen LogP contribution < -0.4 is 10.6 Å². The number of rotatable bonds is 6.